The predicted octanol–water partition coefficient (Wildman–Crippen LogP) is 4.01. The van der Waals surface area contributed by atoms with E-state index in [1.807, 2.05) is 47.4 Å². The standard InChI is InChI=1S/C19H22ClN3O2/c1-14-6-7-15(20)12-18(14)22-8-10-23(11-9-22)19(24)21-16-4-3-5-17(13-16)25-2/h3-7,12-13H,8-11H2,1-2H3,(H,21,24). The van der Waals surface area contributed by atoms with Gasteiger partial charge in [0.15, 0.2) is 0 Å². The van der Waals surface area contributed by atoms with Crippen molar-refractivity contribution in [2.75, 3.05) is 43.5 Å². The van der Waals surface area contributed by atoms with E-state index in [9.17, 15) is 4.79 Å². The Bertz CT molecular complexity index is 758. The number of nitrogens with one attached hydrogen (secondary N) is 1. The first-order valence-electron chi connectivity index (χ1n) is 8.28. The molecule has 0 bridgehead atoms. The van der Waals surface area contributed by atoms with Gasteiger partial charge in [-0.2, -0.15) is 0 Å². The Morgan fingerprint density at radius 3 is 2.60 bits per heavy atom. The fourth-order valence-corrected chi connectivity index (χ4v) is 3.14. The van der Waals surface area contributed by atoms with Gasteiger partial charge in [-0.25, -0.2) is 4.79 Å². The zero-order valence-electron chi connectivity index (χ0n) is 14.5. The first kappa shape index (κ1) is 17.4. The Morgan fingerprint density at radius 1 is 1.12 bits per heavy atom. The highest BCUT2D eigenvalue weighted by atomic mass is 35.5. The minimum Gasteiger partial charge on any atom is -0.497 e. The van der Waals surface area contributed by atoms with Crippen molar-refractivity contribution in [2.45, 2.75) is 6.92 Å². The molecular weight excluding hydrogens is 338 g/mol. The van der Waals surface area contributed by atoms with E-state index in [-0.39, 0.29) is 6.03 Å². The summed E-state index contributed by atoms with van der Waals surface area (Å²) < 4.78 is 5.18. The summed E-state index contributed by atoms with van der Waals surface area (Å²) in [6.07, 6.45) is 0. The van der Waals surface area contributed by atoms with Gasteiger partial charge in [-0.3, -0.25) is 0 Å². The zero-order valence-corrected chi connectivity index (χ0v) is 15.2. The normalized spacial score (nSPS) is 14.4. The maximum absolute atomic E-state index is 12.5. The largest absolute Gasteiger partial charge is 0.497 e. The highest BCUT2D eigenvalue weighted by Crippen LogP contribution is 2.25. The van der Waals surface area contributed by atoms with Gasteiger partial charge in [0.1, 0.15) is 5.75 Å². The van der Waals surface area contributed by atoms with Crippen LogP contribution in [0.25, 0.3) is 0 Å². The van der Waals surface area contributed by atoms with Gasteiger partial charge in [0.05, 0.1) is 7.11 Å². The van der Waals surface area contributed by atoms with Crippen LogP contribution in [0.5, 0.6) is 5.75 Å². The van der Waals surface area contributed by atoms with Crippen LogP contribution in [0.3, 0.4) is 0 Å². The van der Waals surface area contributed by atoms with Crippen molar-refractivity contribution < 1.29 is 9.53 Å². The van der Waals surface area contributed by atoms with Crippen molar-refractivity contribution in [2.24, 2.45) is 0 Å². The number of benzene rings is 2. The lowest BCUT2D eigenvalue weighted by atomic mass is 10.1. The summed E-state index contributed by atoms with van der Waals surface area (Å²) in [5.41, 5.74) is 3.07. The molecule has 2 aromatic carbocycles. The number of hydrogen-bond donors (Lipinski definition) is 1. The molecule has 6 heteroatoms. The van der Waals surface area contributed by atoms with Crippen LogP contribution >= 0.6 is 11.6 Å². The molecule has 1 saturated heterocycles. The number of aryl methyl sites for hydroxylation is 1. The minimum absolute atomic E-state index is 0.0873. The van der Waals surface area contributed by atoms with E-state index >= 15 is 0 Å². The van der Waals surface area contributed by atoms with Crippen molar-refractivity contribution in [1.82, 2.24) is 4.90 Å². The molecule has 0 aromatic heterocycles. The van der Waals surface area contributed by atoms with E-state index in [4.69, 9.17) is 16.3 Å². The Hall–Kier alpha value is -2.40. The molecule has 2 amide bonds. The second-order valence-corrected chi connectivity index (χ2v) is 6.50. The number of carbonyl (C=O) groups excluding carboxylic acids is 1. The van der Waals surface area contributed by atoms with E-state index in [2.05, 4.69) is 17.1 Å². The van der Waals surface area contributed by atoms with E-state index < -0.39 is 0 Å². The van der Waals surface area contributed by atoms with Crippen LogP contribution in [-0.4, -0.2) is 44.2 Å². The maximum Gasteiger partial charge on any atom is 0.321 e. The van der Waals surface area contributed by atoms with Gasteiger partial charge in [-0.05, 0) is 36.8 Å². The molecule has 3 rings (SSSR count). The number of anilines is 2. The summed E-state index contributed by atoms with van der Waals surface area (Å²) in [5, 5.41) is 3.66. The van der Waals surface area contributed by atoms with E-state index in [1.165, 1.54) is 5.56 Å². The van der Waals surface area contributed by atoms with Crippen LogP contribution < -0.4 is 15.0 Å². The third kappa shape index (κ3) is 4.17. The van der Waals surface area contributed by atoms with Gasteiger partial charge in [-0.1, -0.05) is 23.7 Å². The molecule has 0 aliphatic carbocycles. The van der Waals surface area contributed by atoms with E-state index in [0.717, 1.165) is 35.2 Å². The van der Waals surface area contributed by atoms with Crippen LogP contribution in [0, 0.1) is 6.92 Å². The monoisotopic (exact) mass is 359 g/mol. The van der Waals surface area contributed by atoms with Crippen LogP contribution in [0.2, 0.25) is 5.02 Å². The average molecular weight is 360 g/mol. The number of piperazine rings is 1. The molecule has 0 saturated carbocycles. The van der Waals surface area contributed by atoms with Crippen LogP contribution in [0.4, 0.5) is 16.2 Å². The fraction of sp³-hybridized carbons (Fsp3) is 0.316. The molecule has 0 spiro atoms. The summed E-state index contributed by atoms with van der Waals surface area (Å²) in [5.74, 6) is 0.721. The van der Waals surface area contributed by atoms with Crippen molar-refractivity contribution in [3.63, 3.8) is 0 Å². The Kier molecular flexibility index (Phi) is 5.34. The highest BCUT2D eigenvalue weighted by molar-refractivity contribution is 6.30. The second kappa shape index (κ2) is 7.66. The number of amides is 2. The number of rotatable bonds is 3. The second-order valence-electron chi connectivity index (χ2n) is 6.07. The Balaban J connectivity index is 1.60. The average Bonchev–Trinajstić information content (AvgIpc) is 2.64. The minimum atomic E-state index is -0.0873. The molecule has 0 radical (unpaired) electrons. The van der Waals surface area contributed by atoms with E-state index in [0.29, 0.717) is 13.1 Å². The Labute approximate surface area is 153 Å². The number of methoxy groups -OCH3 is 1. The number of hydrogen-bond acceptors (Lipinski definition) is 3. The van der Waals surface area contributed by atoms with Crippen molar-refractivity contribution in [1.29, 1.82) is 0 Å². The van der Waals surface area contributed by atoms with Crippen LogP contribution in [0.15, 0.2) is 42.5 Å². The van der Waals surface area contributed by atoms with Gasteiger partial charge in [0, 0.05) is 48.6 Å². The molecule has 132 valence electrons. The summed E-state index contributed by atoms with van der Waals surface area (Å²) in [7, 11) is 1.61. The van der Waals surface area contributed by atoms with Crippen LogP contribution in [-0.2, 0) is 0 Å². The molecule has 1 aliphatic heterocycles. The first-order chi connectivity index (χ1) is 12.1. The summed E-state index contributed by atoms with van der Waals surface area (Å²) in [6, 6.07) is 13.2. The smallest absolute Gasteiger partial charge is 0.321 e. The van der Waals surface area contributed by atoms with Gasteiger partial charge in [0.2, 0.25) is 0 Å². The number of carbonyl (C=O) groups is 1. The maximum atomic E-state index is 12.5. The zero-order chi connectivity index (χ0) is 17.8. The molecule has 0 unspecified atom stereocenters. The van der Waals surface area contributed by atoms with Crippen molar-refractivity contribution in [3.8, 4) is 5.75 Å². The molecular formula is C19H22ClN3O2. The molecule has 0 atom stereocenters. The molecule has 5 nitrogen and oxygen atoms in total. The summed E-state index contributed by atoms with van der Waals surface area (Å²) in [6.45, 7) is 4.98. The van der Waals surface area contributed by atoms with Crippen molar-refractivity contribution in [3.05, 3.63) is 53.1 Å². The highest BCUT2D eigenvalue weighted by Gasteiger charge is 2.22. The third-order valence-corrected chi connectivity index (χ3v) is 4.63. The first-order valence-corrected chi connectivity index (χ1v) is 8.65. The quantitative estimate of drug-likeness (QED) is 0.900. The van der Waals surface area contributed by atoms with Crippen molar-refractivity contribution >= 4 is 29.0 Å². The van der Waals surface area contributed by atoms with Gasteiger partial charge in [0.25, 0.3) is 0 Å². The molecule has 25 heavy (non-hydrogen) atoms. The molecule has 1 fully saturated rings. The number of halogens is 1. The fourth-order valence-electron chi connectivity index (χ4n) is 2.98. The summed E-state index contributed by atoms with van der Waals surface area (Å²) >= 11 is 6.12. The molecule has 1 N–H and O–H groups in total. The SMILES string of the molecule is COc1cccc(NC(=O)N2CCN(c3cc(Cl)ccc3C)CC2)c1. The van der Waals surface area contributed by atoms with Crippen LogP contribution in [0.1, 0.15) is 5.56 Å². The summed E-state index contributed by atoms with van der Waals surface area (Å²) in [4.78, 5) is 16.6. The van der Waals surface area contributed by atoms with Gasteiger partial charge >= 0.3 is 6.03 Å². The lowest BCUT2D eigenvalue weighted by molar-refractivity contribution is 0.208. The predicted molar refractivity (Wildman–Crippen MR) is 102 cm³/mol. The molecule has 1 aliphatic rings. The number of nitrogens with zero attached hydrogens (tertiary/aromatic N) is 2. The van der Waals surface area contributed by atoms with Gasteiger partial charge in [-0.15, -0.1) is 0 Å². The number of ether oxygens (including phenoxy) is 1. The lowest BCUT2D eigenvalue weighted by Crippen LogP contribution is -2.50. The lowest BCUT2D eigenvalue weighted by Gasteiger charge is -2.36. The van der Waals surface area contributed by atoms with E-state index in [1.54, 1.807) is 7.11 Å². The molecule has 1 heterocycles. The Morgan fingerprint density at radius 2 is 1.88 bits per heavy atom. The third-order valence-electron chi connectivity index (χ3n) is 4.40. The molecule has 2 aromatic rings. The number of urea groups is 1. The topological polar surface area (TPSA) is 44.8 Å². The van der Waals surface area contributed by atoms with Gasteiger partial charge < -0.3 is 19.9 Å².